The number of nitrogens with zero attached hydrogens (tertiary/aromatic N) is 3. The largest absolute Gasteiger partial charge is 0.381 e. The van der Waals surface area contributed by atoms with Gasteiger partial charge in [-0.3, -0.25) is 4.68 Å². The van der Waals surface area contributed by atoms with Gasteiger partial charge in [0.2, 0.25) is 0 Å². The standard InChI is InChI=1S/C14H26N4O2/c1-4-7-15-12(10-13-16-11-17-18(13)2)14(19-3)5-8-20-9-6-14/h11-12,15H,4-10H2,1-3H3. The highest BCUT2D eigenvalue weighted by Gasteiger charge is 2.40. The van der Waals surface area contributed by atoms with Crippen LogP contribution >= 0.6 is 0 Å². The third-order valence-corrected chi connectivity index (χ3v) is 4.21. The smallest absolute Gasteiger partial charge is 0.138 e. The van der Waals surface area contributed by atoms with E-state index in [1.54, 1.807) is 6.33 Å². The Morgan fingerprint density at radius 3 is 2.80 bits per heavy atom. The molecule has 1 unspecified atom stereocenters. The zero-order valence-electron chi connectivity index (χ0n) is 12.8. The van der Waals surface area contributed by atoms with E-state index in [0.29, 0.717) is 0 Å². The van der Waals surface area contributed by atoms with Crippen LogP contribution in [0.15, 0.2) is 6.33 Å². The van der Waals surface area contributed by atoms with E-state index < -0.39 is 0 Å². The minimum atomic E-state index is -0.167. The molecule has 2 rings (SSSR count). The summed E-state index contributed by atoms with van der Waals surface area (Å²) in [6, 6.07) is 0.235. The number of ether oxygens (including phenoxy) is 2. The fourth-order valence-electron chi connectivity index (χ4n) is 2.86. The van der Waals surface area contributed by atoms with Crippen molar-refractivity contribution < 1.29 is 9.47 Å². The first-order chi connectivity index (χ1) is 9.72. The molecule has 1 aromatic rings. The first kappa shape index (κ1) is 15.4. The van der Waals surface area contributed by atoms with Crippen LogP contribution in [0.3, 0.4) is 0 Å². The van der Waals surface area contributed by atoms with Crippen molar-refractivity contribution in [2.24, 2.45) is 7.05 Å². The molecular weight excluding hydrogens is 256 g/mol. The average molecular weight is 282 g/mol. The van der Waals surface area contributed by atoms with Crippen LogP contribution in [0.4, 0.5) is 0 Å². The molecule has 0 radical (unpaired) electrons. The molecule has 1 aliphatic rings. The summed E-state index contributed by atoms with van der Waals surface area (Å²) in [5.74, 6) is 0.988. The van der Waals surface area contributed by atoms with Crippen LogP contribution in [0.5, 0.6) is 0 Å². The molecule has 6 heteroatoms. The molecule has 1 aromatic heterocycles. The van der Waals surface area contributed by atoms with E-state index in [1.165, 1.54) is 0 Å². The van der Waals surface area contributed by atoms with Gasteiger partial charge in [-0.25, -0.2) is 4.98 Å². The van der Waals surface area contributed by atoms with Crippen molar-refractivity contribution in [3.63, 3.8) is 0 Å². The van der Waals surface area contributed by atoms with Crippen LogP contribution in [0.25, 0.3) is 0 Å². The molecule has 6 nitrogen and oxygen atoms in total. The summed E-state index contributed by atoms with van der Waals surface area (Å²) in [7, 11) is 3.74. The van der Waals surface area contributed by atoms with E-state index in [9.17, 15) is 0 Å². The summed E-state index contributed by atoms with van der Waals surface area (Å²) in [6.07, 6.45) is 5.37. The lowest BCUT2D eigenvalue weighted by atomic mass is 9.84. The highest BCUT2D eigenvalue weighted by molar-refractivity contribution is 5.01. The summed E-state index contributed by atoms with van der Waals surface area (Å²) in [4.78, 5) is 4.35. The SMILES string of the molecule is CCCNC(Cc1ncnn1C)C1(OC)CCOCC1. The molecule has 1 aliphatic heterocycles. The molecule has 0 spiro atoms. The number of hydrogen-bond donors (Lipinski definition) is 1. The van der Waals surface area contributed by atoms with Crippen LogP contribution in [0.1, 0.15) is 32.0 Å². The van der Waals surface area contributed by atoms with Crippen molar-refractivity contribution in [2.45, 2.75) is 44.2 Å². The highest BCUT2D eigenvalue weighted by Crippen LogP contribution is 2.30. The zero-order valence-corrected chi connectivity index (χ0v) is 12.8. The van der Waals surface area contributed by atoms with Gasteiger partial charge in [0.1, 0.15) is 12.2 Å². The van der Waals surface area contributed by atoms with Crippen molar-refractivity contribution >= 4 is 0 Å². The van der Waals surface area contributed by atoms with Gasteiger partial charge >= 0.3 is 0 Å². The van der Waals surface area contributed by atoms with E-state index in [1.807, 2.05) is 18.8 Å². The maximum atomic E-state index is 5.93. The first-order valence-corrected chi connectivity index (χ1v) is 7.41. The monoisotopic (exact) mass is 282 g/mol. The summed E-state index contributed by atoms with van der Waals surface area (Å²) in [5, 5.41) is 7.79. The van der Waals surface area contributed by atoms with Gasteiger partial charge in [-0.1, -0.05) is 6.92 Å². The third-order valence-electron chi connectivity index (χ3n) is 4.21. The fraction of sp³-hybridized carbons (Fsp3) is 0.857. The van der Waals surface area contributed by atoms with Gasteiger partial charge < -0.3 is 14.8 Å². The lowest BCUT2D eigenvalue weighted by Gasteiger charge is -2.42. The van der Waals surface area contributed by atoms with Gasteiger partial charge in [-0.15, -0.1) is 0 Å². The maximum absolute atomic E-state index is 5.93. The molecular formula is C14H26N4O2. The number of aromatic nitrogens is 3. The van der Waals surface area contributed by atoms with Crippen LogP contribution < -0.4 is 5.32 Å². The minimum absolute atomic E-state index is 0.167. The van der Waals surface area contributed by atoms with Gasteiger partial charge in [0.15, 0.2) is 0 Å². The molecule has 0 amide bonds. The molecule has 114 valence electrons. The predicted molar refractivity (Wildman–Crippen MR) is 76.6 cm³/mol. The summed E-state index contributed by atoms with van der Waals surface area (Å²) in [5.41, 5.74) is -0.167. The molecule has 0 aromatic carbocycles. The molecule has 0 saturated carbocycles. The van der Waals surface area contributed by atoms with E-state index in [0.717, 1.165) is 51.3 Å². The number of methoxy groups -OCH3 is 1. The molecule has 0 bridgehead atoms. The van der Waals surface area contributed by atoms with Crippen LogP contribution in [0, 0.1) is 0 Å². The first-order valence-electron chi connectivity index (χ1n) is 7.41. The fourth-order valence-corrected chi connectivity index (χ4v) is 2.86. The van der Waals surface area contributed by atoms with Crippen LogP contribution in [-0.4, -0.2) is 53.3 Å². The van der Waals surface area contributed by atoms with E-state index in [-0.39, 0.29) is 11.6 Å². The Labute approximate surface area is 120 Å². The normalized spacial score (nSPS) is 19.9. The lowest BCUT2D eigenvalue weighted by molar-refractivity contribution is -0.110. The molecule has 1 saturated heterocycles. The number of rotatable bonds is 7. The summed E-state index contributed by atoms with van der Waals surface area (Å²) >= 11 is 0. The quantitative estimate of drug-likeness (QED) is 0.806. The van der Waals surface area contributed by atoms with Crippen molar-refractivity contribution in [2.75, 3.05) is 26.9 Å². The average Bonchev–Trinajstić information content (AvgIpc) is 2.89. The Bertz CT molecular complexity index is 402. The van der Waals surface area contributed by atoms with Gasteiger partial charge in [-0.2, -0.15) is 5.10 Å². The van der Waals surface area contributed by atoms with Crippen molar-refractivity contribution in [1.82, 2.24) is 20.1 Å². The Hall–Kier alpha value is -0.980. The predicted octanol–water partition coefficient (Wildman–Crippen LogP) is 0.921. The van der Waals surface area contributed by atoms with Gasteiger partial charge in [0, 0.05) is 52.7 Å². The van der Waals surface area contributed by atoms with Crippen LogP contribution in [0.2, 0.25) is 0 Å². The number of aryl methyl sites for hydroxylation is 1. The number of nitrogens with one attached hydrogen (secondary N) is 1. The van der Waals surface area contributed by atoms with Crippen molar-refractivity contribution in [3.8, 4) is 0 Å². The van der Waals surface area contributed by atoms with Gasteiger partial charge in [-0.05, 0) is 13.0 Å². The van der Waals surface area contributed by atoms with Crippen molar-refractivity contribution in [1.29, 1.82) is 0 Å². The molecule has 1 atom stereocenters. The maximum Gasteiger partial charge on any atom is 0.138 e. The molecule has 2 heterocycles. The van der Waals surface area contributed by atoms with Crippen molar-refractivity contribution in [3.05, 3.63) is 12.2 Å². The Balaban J connectivity index is 2.14. The van der Waals surface area contributed by atoms with Gasteiger partial charge in [0.25, 0.3) is 0 Å². The zero-order chi connectivity index (χ0) is 14.4. The number of hydrogen-bond acceptors (Lipinski definition) is 5. The second kappa shape index (κ2) is 7.15. The molecule has 0 aliphatic carbocycles. The Kier molecular flexibility index (Phi) is 5.51. The van der Waals surface area contributed by atoms with Crippen LogP contribution in [-0.2, 0) is 22.9 Å². The lowest BCUT2D eigenvalue weighted by Crippen LogP contribution is -2.56. The molecule has 20 heavy (non-hydrogen) atoms. The second-order valence-corrected chi connectivity index (χ2v) is 5.39. The summed E-state index contributed by atoms with van der Waals surface area (Å²) < 4.78 is 13.3. The minimum Gasteiger partial charge on any atom is -0.381 e. The van der Waals surface area contributed by atoms with Gasteiger partial charge in [0.05, 0.1) is 5.60 Å². The molecule has 1 N–H and O–H groups in total. The van der Waals surface area contributed by atoms with E-state index in [2.05, 4.69) is 22.3 Å². The second-order valence-electron chi connectivity index (χ2n) is 5.39. The Morgan fingerprint density at radius 1 is 1.50 bits per heavy atom. The topological polar surface area (TPSA) is 61.2 Å². The Morgan fingerprint density at radius 2 is 2.25 bits per heavy atom. The van der Waals surface area contributed by atoms with E-state index >= 15 is 0 Å². The molecule has 1 fully saturated rings. The summed E-state index contributed by atoms with van der Waals surface area (Å²) in [6.45, 7) is 4.68. The third kappa shape index (κ3) is 3.37. The highest BCUT2D eigenvalue weighted by atomic mass is 16.5. The van der Waals surface area contributed by atoms with E-state index in [4.69, 9.17) is 9.47 Å².